The van der Waals surface area contributed by atoms with Crippen molar-refractivity contribution < 1.29 is 13.5 Å². The third-order valence-electron chi connectivity index (χ3n) is 7.49. The minimum absolute atomic E-state index is 0.279. The molecule has 7 nitrogen and oxygen atoms in total. The summed E-state index contributed by atoms with van der Waals surface area (Å²) < 4.78 is 36.4. The molecule has 37 heavy (non-hydrogen) atoms. The van der Waals surface area contributed by atoms with Crippen LogP contribution in [0.15, 0.2) is 54.7 Å². The first kappa shape index (κ1) is 23.7. The van der Waals surface area contributed by atoms with Gasteiger partial charge in [0.25, 0.3) is 0 Å². The van der Waals surface area contributed by atoms with E-state index in [4.69, 9.17) is 15.6 Å². The molecule has 0 amide bonds. The van der Waals surface area contributed by atoms with Crippen molar-refractivity contribution in [1.29, 1.82) is 0 Å². The number of imidazole rings is 1. The maximum atomic E-state index is 14.6. The maximum absolute atomic E-state index is 14.6. The number of hydrogen-bond donors (Lipinski definition) is 1. The Labute approximate surface area is 214 Å². The number of nitrogens with zero attached hydrogens (tertiary/aromatic N) is 5. The molecule has 2 atom stereocenters. The lowest BCUT2D eigenvalue weighted by molar-refractivity contribution is 0.250. The van der Waals surface area contributed by atoms with Gasteiger partial charge in [-0.3, -0.25) is 0 Å². The molecule has 2 aromatic carbocycles. The van der Waals surface area contributed by atoms with E-state index in [9.17, 15) is 8.78 Å². The Kier molecular flexibility index (Phi) is 6.16. The van der Waals surface area contributed by atoms with Crippen molar-refractivity contribution in [1.82, 2.24) is 19.5 Å². The number of ether oxygens (including phenoxy) is 1. The van der Waals surface area contributed by atoms with Crippen LogP contribution in [0.3, 0.4) is 0 Å². The van der Waals surface area contributed by atoms with Crippen molar-refractivity contribution in [2.45, 2.75) is 25.3 Å². The molecule has 0 bridgehead atoms. The van der Waals surface area contributed by atoms with Gasteiger partial charge in [-0.05, 0) is 75.3 Å². The normalized spacial score (nSPS) is 20.2. The molecule has 0 aliphatic carbocycles. The van der Waals surface area contributed by atoms with E-state index < -0.39 is 11.6 Å². The molecule has 2 aliphatic heterocycles. The number of benzene rings is 2. The first-order valence-electron chi connectivity index (χ1n) is 12.7. The summed E-state index contributed by atoms with van der Waals surface area (Å²) in [5, 5.41) is 4.88. The van der Waals surface area contributed by atoms with Crippen molar-refractivity contribution in [3.63, 3.8) is 0 Å². The molecule has 2 N–H and O–H groups in total. The van der Waals surface area contributed by atoms with Gasteiger partial charge in [-0.15, -0.1) is 5.10 Å². The lowest BCUT2D eigenvalue weighted by atomic mass is 10.0. The highest BCUT2D eigenvalue weighted by atomic mass is 19.1. The summed E-state index contributed by atoms with van der Waals surface area (Å²) in [4.78, 5) is 8.88. The Bertz CT molecular complexity index is 1440. The number of rotatable bonds is 6. The smallest absolute Gasteiger partial charge is 0.154 e. The molecule has 9 heteroatoms. The average molecular weight is 505 g/mol. The van der Waals surface area contributed by atoms with E-state index in [0.717, 1.165) is 49.7 Å². The van der Waals surface area contributed by atoms with E-state index in [1.54, 1.807) is 10.7 Å². The first-order valence-corrected chi connectivity index (χ1v) is 12.7. The molecular weight excluding hydrogens is 474 g/mol. The van der Waals surface area contributed by atoms with Gasteiger partial charge in [0.05, 0.1) is 30.2 Å². The third-order valence-corrected chi connectivity index (χ3v) is 7.49. The van der Waals surface area contributed by atoms with Crippen LogP contribution in [0.25, 0.3) is 16.9 Å². The Hall–Kier alpha value is -3.72. The molecule has 0 spiro atoms. The van der Waals surface area contributed by atoms with Gasteiger partial charge in [-0.1, -0.05) is 6.07 Å². The van der Waals surface area contributed by atoms with Crippen LogP contribution >= 0.6 is 0 Å². The minimum atomic E-state index is -0.440. The van der Waals surface area contributed by atoms with E-state index in [2.05, 4.69) is 16.9 Å². The van der Waals surface area contributed by atoms with E-state index >= 15 is 0 Å². The number of likely N-dealkylation sites (tertiary alicyclic amines) is 1. The van der Waals surface area contributed by atoms with Gasteiger partial charge in [0.15, 0.2) is 5.65 Å². The molecular formula is C28H30F2N6O. The van der Waals surface area contributed by atoms with Crippen LogP contribution < -0.4 is 15.4 Å². The highest BCUT2D eigenvalue weighted by Crippen LogP contribution is 2.37. The number of aromatic nitrogens is 3. The Morgan fingerprint density at radius 1 is 1.05 bits per heavy atom. The minimum Gasteiger partial charge on any atom is -0.491 e. The standard InChI is InChI=1S/C28H30F2N6O/c1-34-12-10-18(16-34)17-37-26-13-19(4-7-23(26)31)25-15-32-27-8-9-28(33-36(25)27)35-11-2-3-24(35)21-14-20(29)5-6-22(21)30/h4-9,13-15,18,24H,2-3,10-12,16-17,31H2,1H3. The Balaban J connectivity index is 1.30. The summed E-state index contributed by atoms with van der Waals surface area (Å²) in [6.45, 7) is 3.44. The second-order valence-electron chi connectivity index (χ2n) is 10.1. The first-order chi connectivity index (χ1) is 18.0. The lowest BCUT2D eigenvalue weighted by Gasteiger charge is -2.26. The number of anilines is 2. The molecule has 192 valence electrons. The molecule has 2 aliphatic rings. The molecule has 2 aromatic heterocycles. The molecule has 6 rings (SSSR count). The number of fused-ring (bicyclic) bond motifs is 1. The quantitative estimate of drug-likeness (QED) is 0.376. The van der Waals surface area contributed by atoms with Gasteiger partial charge < -0.3 is 20.3 Å². The van der Waals surface area contributed by atoms with Crippen LogP contribution in [0.4, 0.5) is 20.3 Å². The molecule has 4 aromatic rings. The zero-order valence-corrected chi connectivity index (χ0v) is 20.8. The van der Waals surface area contributed by atoms with Crippen molar-refractivity contribution in [3.8, 4) is 17.0 Å². The van der Waals surface area contributed by atoms with Gasteiger partial charge in [0.1, 0.15) is 23.2 Å². The second-order valence-corrected chi connectivity index (χ2v) is 10.1. The topological polar surface area (TPSA) is 71.9 Å². The van der Waals surface area contributed by atoms with Gasteiger partial charge in [-0.2, -0.15) is 0 Å². The fourth-order valence-corrected chi connectivity index (χ4v) is 5.54. The molecule has 2 saturated heterocycles. The fraction of sp³-hybridized carbons (Fsp3) is 0.357. The van der Waals surface area contributed by atoms with Crippen LogP contribution in [-0.2, 0) is 0 Å². The maximum Gasteiger partial charge on any atom is 0.154 e. The largest absolute Gasteiger partial charge is 0.491 e. The number of nitrogens with two attached hydrogens (primary N) is 1. The van der Waals surface area contributed by atoms with Crippen LogP contribution in [0.2, 0.25) is 0 Å². The van der Waals surface area contributed by atoms with Crippen molar-refractivity contribution >= 4 is 17.2 Å². The van der Waals surface area contributed by atoms with Crippen LogP contribution in [-0.4, -0.2) is 52.8 Å². The molecule has 0 saturated carbocycles. The summed E-state index contributed by atoms with van der Waals surface area (Å²) >= 11 is 0. The summed E-state index contributed by atoms with van der Waals surface area (Å²) in [5.74, 6) is 0.991. The van der Waals surface area contributed by atoms with Crippen molar-refractivity contribution in [2.75, 3.05) is 43.9 Å². The highest BCUT2D eigenvalue weighted by molar-refractivity contribution is 5.69. The van der Waals surface area contributed by atoms with Crippen LogP contribution in [0, 0.1) is 17.6 Å². The van der Waals surface area contributed by atoms with Gasteiger partial charge in [0.2, 0.25) is 0 Å². The Morgan fingerprint density at radius 2 is 1.95 bits per heavy atom. The summed E-state index contributed by atoms with van der Waals surface area (Å²) in [6.07, 6.45) is 4.49. The SMILES string of the molecule is CN1CCC(COc2cc(-c3cnc4ccc(N5CCCC5c5cc(F)ccc5F)nn34)ccc2N)C1. The fourth-order valence-electron chi connectivity index (χ4n) is 5.54. The van der Waals surface area contributed by atoms with Gasteiger partial charge in [-0.25, -0.2) is 18.3 Å². The molecule has 4 heterocycles. The predicted octanol–water partition coefficient (Wildman–Crippen LogP) is 4.93. The summed E-state index contributed by atoms with van der Waals surface area (Å²) in [5.41, 5.74) is 9.57. The Morgan fingerprint density at radius 3 is 2.78 bits per heavy atom. The number of nitrogen functional groups attached to an aromatic ring is 1. The van der Waals surface area contributed by atoms with Crippen molar-refractivity contribution in [3.05, 3.63) is 71.9 Å². The predicted molar refractivity (Wildman–Crippen MR) is 140 cm³/mol. The summed E-state index contributed by atoms with van der Waals surface area (Å²) in [6, 6.07) is 12.9. The second kappa shape index (κ2) is 9.63. The lowest BCUT2D eigenvalue weighted by Crippen LogP contribution is -2.25. The molecule has 2 unspecified atom stereocenters. The third kappa shape index (κ3) is 4.59. The van der Waals surface area contributed by atoms with E-state index in [-0.39, 0.29) is 6.04 Å². The van der Waals surface area contributed by atoms with E-state index in [1.807, 2.05) is 35.2 Å². The monoisotopic (exact) mass is 504 g/mol. The van der Waals surface area contributed by atoms with Gasteiger partial charge >= 0.3 is 0 Å². The molecule has 2 fully saturated rings. The summed E-state index contributed by atoms with van der Waals surface area (Å²) in [7, 11) is 2.12. The number of halogens is 2. The molecule has 0 radical (unpaired) electrons. The van der Waals surface area contributed by atoms with Crippen LogP contribution in [0.5, 0.6) is 5.75 Å². The van der Waals surface area contributed by atoms with E-state index in [0.29, 0.717) is 47.5 Å². The number of hydrogen-bond acceptors (Lipinski definition) is 6. The highest BCUT2D eigenvalue weighted by Gasteiger charge is 2.30. The van der Waals surface area contributed by atoms with E-state index in [1.165, 1.54) is 12.1 Å². The van der Waals surface area contributed by atoms with Crippen LogP contribution in [0.1, 0.15) is 30.9 Å². The average Bonchev–Trinajstić information content (AvgIpc) is 3.64. The zero-order valence-electron chi connectivity index (χ0n) is 20.8. The van der Waals surface area contributed by atoms with Crippen molar-refractivity contribution in [2.24, 2.45) is 5.92 Å². The zero-order chi connectivity index (χ0) is 25.5. The van der Waals surface area contributed by atoms with Gasteiger partial charge in [0, 0.05) is 30.1 Å².